The molecule has 0 amide bonds. The van der Waals surface area contributed by atoms with Crippen molar-refractivity contribution in [2.75, 3.05) is 25.4 Å². The van der Waals surface area contributed by atoms with Gasteiger partial charge in [-0.25, -0.2) is 0 Å². The summed E-state index contributed by atoms with van der Waals surface area (Å²) in [5.74, 6) is 1.30. The van der Waals surface area contributed by atoms with E-state index >= 15 is 0 Å². The number of hydrogen-bond donors (Lipinski definition) is 1. The SMILES string of the molecule is CCN1CCC(Cn2c(C)c(C)c(C#N)c2N)C1. The molecule has 2 heterocycles. The van der Waals surface area contributed by atoms with Crippen molar-refractivity contribution in [3.05, 3.63) is 16.8 Å². The summed E-state index contributed by atoms with van der Waals surface area (Å²) in [6.07, 6.45) is 1.23. The fourth-order valence-electron chi connectivity index (χ4n) is 2.87. The average molecular weight is 246 g/mol. The predicted molar refractivity (Wildman–Crippen MR) is 73.3 cm³/mol. The lowest BCUT2D eigenvalue weighted by Gasteiger charge is -2.16. The molecule has 98 valence electrons. The van der Waals surface area contributed by atoms with E-state index < -0.39 is 0 Å². The van der Waals surface area contributed by atoms with Gasteiger partial charge in [-0.2, -0.15) is 5.26 Å². The third-order valence-corrected chi connectivity index (χ3v) is 4.24. The molecule has 1 atom stereocenters. The second-order valence-electron chi connectivity index (χ2n) is 5.24. The highest BCUT2D eigenvalue weighted by Crippen LogP contribution is 2.27. The summed E-state index contributed by atoms with van der Waals surface area (Å²) < 4.78 is 2.12. The first-order chi connectivity index (χ1) is 8.58. The van der Waals surface area contributed by atoms with Gasteiger partial charge in [-0.1, -0.05) is 6.92 Å². The van der Waals surface area contributed by atoms with Gasteiger partial charge in [0.2, 0.25) is 0 Å². The van der Waals surface area contributed by atoms with Gasteiger partial charge in [0, 0.05) is 18.8 Å². The molecule has 2 rings (SSSR count). The normalized spacial score (nSPS) is 20.2. The number of hydrogen-bond acceptors (Lipinski definition) is 3. The Balaban J connectivity index is 2.18. The molecule has 1 unspecified atom stereocenters. The smallest absolute Gasteiger partial charge is 0.122 e. The highest BCUT2D eigenvalue weighted by atomic mass is 15.2. The maximum absolute atomic E-state index is 9.13. The van der Waals surface area contributed by atoms with Crippen molar-refractivity contribution in [1.29, 1.82) is 5.26 Å². The fourth-order valence-corrected chi connectivity index (χ4v) is 2.87. The lowest BCUT2D eigenvalue weighted by molar-refractivity contribution is 0.332. The average Bonchev–Trinajstić information content (AvgIpc) is 2.89. The Kier molecular flexibility index (Phi) is 3.63. The maximum atomic E-state index is 9.13. The van der Waals surface area contributed by atoms with Gasteiger partial charge in [0.05, 0.1) is 5.56 Å². The van der Waals surface area contributed by atoms with Gasteiger partial charge >= 0.3 is 0 Å². The first-order valence-electron chi connectivity index (χ1n) is 6.66. The van der Waals surface area contributed by atoms with Gasteiger partial charge < -0.3 is 15.2 Å². The minimum Gasteiger partial charge on any atom is -0.384 e. The maximum Gasteiger partial charge on any atom is 0.122 e. The Morgan fingerprint density at radius 3 is 2.67 bits per heavy atom. The van der Waals surface area contributed by atoms with E-state index in [2.05, 4.69) is 29.4 Å². The number of aromatic nitrogens is 1. The van der Waals surface area contributed by atoms with E-state index in [1.54, 1.807) is 0 Å². The lowest BCUT2D eigenvalue weighted by atomic mass is 10.1. The number of rotatable bonds is 3. The zero-order valence-electron chi connectivity index (χ0n) is 11.5. The molecule has 0 aromatic carbocycles. The molecule has 1 saturated heterocycles. The van der Waals surface area contributed by atoms with Crippen molar-refractivity contribution in [3.63, 3.8) is 0 Å². The molecular weight excluding hydrogens is 224 g/mol. The summed E-state index contributed by atoms with van der Waals surface area (Å²) in [4.78, 5) is 2.47. The van der Waals surface area contributed by atoms with E-state index in [1.165, 1.54) is 13.0 Å². The summed E-state index contributed by atoms with van der Waals surface area (Å²) >= 11 is 0. The van der Waals surface area contributed by atoms with Crippen LogP contribution < -0.4 is 5.73 Å². The molecule has 0 bridgehead atoms. The molecule has 1 aromatic heterocycles. The van der Waals surface area contributed by atoms with Crippen LogP contribution in [-0.4, -0.2) is 29.1 Å². The van der Waals surface area contributed by atoms with Gasteiger partial charge in [-0.05, 0) is 44.8 Å². The molecule has 1 aromatic rings. The van der Waals surface area contributed by atoms with Crippen molar-refractivity contribution in [1.82, 2.24) is 9.47 Å². The van der Waals surface area contributed by atoms with E-state index in [4.69, 9.17) is 11.0 Å². The topological polar surface area (TPSA) is 58.0 Å². The Labute approximate surface area is 109 Å². The third-order valence-electron chi connectivity index (χ3n) is 4.24. The van der Waals surface area contributed by atoms with E-state index in [9.17, 15) is 0 Å². The zero-order chi connectivity index (χ0) is 13.3. The largest absolute Gasteiger partial charge is 0.384 e. The molecule has 0 radical (unpaired) electrons. The number of nitriles is 1. The number of nitrogen functional groups attached to an aromatic ring is 1. The van der Waals surface area contributed by atoms with Crippen LogP contribution in [0.25, 0.3) is 0 Å². The highest BCUT2D eigenvalue weighted by Gasteiger charge is 2.24. The number of nitrogens with zero attached hydrogens (tertiary/aromatic N) is 3. The van der Waals surface area contributed by atoms with Crippen LogP contribution in [0.15, 0.2) is 0 Å². The third kappa shape index (κ3) is 2.11. The van der Waals surface area contributed by atoms with E-state index in [0.29, 0.717) is 17.3 Å². The Morgan fingerprint density at radius 1 is 1.44 bits per heavy atom. The molecular formula is C14H22N4. The second kappa shape index (κ2) is 5.03. The Morgan fingerprint density at radius 2 is 2.17 bits per heavy atom. The van der Waals surface area contributed by atoms with Crippen molar-refractivity contribution in [2.24, 2.45) is 5.92 Å². The van der Waals surface area contributed by atoms with Crippen molar-refractivity contribution >= 4 is 5.82 Å². The summed E-state index contributed by atoms with van der Waals surface area (Å²) in [5, 5.41) is 9.13. The highest BCUT2D eigenvalue weighted by molar-refractivity contribution is 5.57. The summed E-state index contributed by atoms with van der Waals surface area (Å²) in [5.41, 5.74) is 8.90. The number of nitrogens with two attached hydrogens (primary N) is 1. The standard InChI is InChI=1S/C14H22N4/c1-4-17-6-5-12(8-17)9-18-11(3)10(2)13(7-15)14(18)16/h12H,4-6,8-9,16H2,1-3H3. The summed E-state index contributed by atoms with van der Waals surface area (Å²) in [6.45, 7) is 10.6. The predicted octanol–water partition coefficient (Wildman–Crippen LogP) is 1.90. The van der Waals surface area contributed by atoms with Crippen LogP contribution >= 0.6 is 0 Å². The van der Waals surface area contributed by atoms with E-state index in [0.717, 1.165) is 30.9 Å². The zero-order valence-corrected chi connectivity index (χ0v) is 11.5. The Hall–Kier alpha value is -1.47. The van der Waals surface area contributed by atoms with Crippen LogP contribution in [0.5, 0.6) is 0 Å². The Bertz CT molecular complexity index is 481. The molecule has 0 aliphatic carbocycles. The quantitative estimate of drug-likeness (QED) is 0.886. The van der Waals surface area contributed by atoms with Crippen LogP contribution in [0.3, 0.4) is 0 Å². The van der Waals surface area contributed by atoms with Crippen molar-refractivity contribution in [3.8, 4) is 6.07 Å². The summed E-state index contributed by atoms with van der Waals surface area (Å²) in [6, 6.07) is 2.21. The first kappa shape index (κ1) is 13.0. The molecule has 4 heteroatoms. The molecule has 1 aliphatic rings. The van der Waals surface area contributed by atoms with Crippen LogP contribution in [-0.2, 0) is 6.54 Å². The molecule has 0 saturated carbocycles. The van der Waals surface area contributed by atoms with Crippen LogP contribution in [0.1, 0.15) is 30.2 Å². The van der Waals surface area contributed by atoms with E-state index in [1.807, 2.05) is 6.92 Å². The van der Waals surface area contributed by atoms with Gasteiger partial charge in [-0.3, -0.25) is 0 Å². The van der Waals surface area contributed by atoms with E-state index in [-0.39, 0.29) is 0 Å². The molecule has 4 nitrogen and oxygen atoms in total. The number of anilines is 1. The monoisotopic (exact) mass is 246 g/mol. The van der Waals surface area contributed by atoms with Crippen molar-refractivity contribution < 1.29 is 0 Å². The van der Waals surface area contributed by atoms with Crippen LogP contribution in [0.2, 0.25) is 0 Å². The molecule has 2 N–H and O–H groups in total. The first-order valence-corrected chi connectivity index (χ1v) is 6.66. The van der Waals surface area contributed by atoms with Gasteiger partial charge in [0.25, 0.3) is 0 Å². The molecule has 0 spiro atoms. The number of likely N-dealkylation sites (tertiary alicyclic amines) is 1. The summed E-state index contributed by atoms with van der Waals surface area (Å²) in [7, 11) is 0. The molecule has 1 aliphatic heterocycles. The van der Waals surface area contributed by atoms with Crippen LogP contribution in [0, 0.1) is 31.1 Å². The van der Waals surface area contributed by atoms with Crippen LogP contribution in [0.4, 0.5) is 5.82 Å². The second-order valence-corrected chi connectivity index (χ2v) is 5.24. The minimum absolute atomic E-state index is 0.641. The van der Waals surface area contributed by atoms with Gasteiger partial charge in [0.15, 0.2) is 0 Å². The minimum atomic E-state index is 0.641. The van der Waals surface area contributed by atoms with Gasteiger partial charge in [-0.15, -0.1) is 0 Å². The van der Waals surface area contributed by atoms with Gasteiger partial charge in [0.1, 0.15) is 11.9 Å². The molecule has 18 heavy (non-hydrogen) atoms. The van der Waals surface area contributed by atoms with Crippen molar-refractivity contribution in [2.45, 2.75) is 33.7 Å². The lowest BCUT2D eigenvalue weighted by Crippen LogP contribution is -2.22. The molecule has 1 fully saturated rings. The fraction of sp³-hybridized carbons (Fsp3) is 0.643.